The van der Waals surface area contributed by atoms with Gasteiger partial charge in [0.15, 0.2) is 5.78 Å². The highest BCUT2D eigenvalue weighted by Gasteiger charge is 2.36. The Kier molecular flexibility index (Phi) is 5.05. The van der Waals surface area contributed by atoms with Crippen molar-refractivity contribution in [1.29, 1.82) is 5.26 Å². The molecular formula is C25H23N3O. The van der Waals surface area contributed by atoms with Crippen LogP contribution in [0.2, 0.25) is 0 Å². The molecule has 4 rings (SSSR count). The van der Waals surface area contributed by atoms with Gasteiger partial charge in [-0.25, -0.2) is 0 Å². The van der Waals surface area contributed by atoms with Crippen molar-refractivity contribution >= 4 is 17.2 Å². The molecule has 1 aliphatic heterocycles. The number of carbonyl (C=O) groups is 1. The van der Waals surface area contributed by atoms with Gasteiger partial charge in [0, 0.05) is 23.5 Å². The number of ketones is 1. The number of aryl methyl sites for hydroxylation is 2. The van der Waals surface area contributed by atoms with Crippen LogP contribution in [0.1, 0.15) is 27.0 Å². The van der Waals surface area contributed by atoms with Crippen molar-refractivity contribution in [1.82, 2.24) is 0 Å². The minimum atomic E-state index is -0.285. The fourth-order valence-electron chi connectivity index (χ4n) is 3.71. The minimum Gasteiger partial charge on any atom is -0.351 e. The first kappa shape index (κ1) is 18.8. The highest BCUT2D eigenvalue weighted by molar-refractivity contribution is 6.03. The van der Waals surface area contributed by atoms with Crippen LogP contribution < -0.4 is 9.80 Å². The fraction of sp³-hybridized carbons (Fsp3) is 0.200. The Bertz CT molecular complexity index is 1050. The normalized spacial score (nSPS) is 16.0. The summed E-state index contributed by atoms with van der Waals surface area (Å²) in [5.74, 6) is 0.0738. The van der Waals surface area contributed by atoms with Gasteiger partial charge >= 0.3 is 0 Å². The topological polar surface area (TPSA) is 47.3 Å². The highest BCUT2D eigenvalue weighted by atomic mass is 16.1. The smallest absolute Gasteiger partial charge is 0.187 e. The maximum atomic E-state index is 13.4. The van der Waals surface area contributed by atoms with E-state index in [9.17, 15) is 4.79 Å². The molecule has 0 bridgehead atoms. The molecule has 0 radical (unpaired) electrons. The number of nitrogens with zero attached hydrogens (tertiary/aromatic N) is 3. The van der Waals surface area contributed by atoms with Crippen LogP contribution in [-0.2, 0) is 0 Å². The molecule has 1 atom stereocenters. The number of rotatable bonds is 4. The van der Waals surface area contributed by atoms with Crippen molar-refractivity contribution in [3.63, 3.8) is 0 Å². The van der Waals surface area contributed by atoms with Gasteiger partial charge in [0.05, 0.1) is 18.3 Å². The molecule has 1 unspecified atom stereocenters. The van der Waals surface area contributed by atoms with Crippen LogP contribution in [0.25, 0.3) is 0 Å². The van der Waals surface area contributed by atoms with Crippen LogP contribution >= 0.6 is 0 Å². The van der Waals surface area contributed by atoms with E-state index in [1.807, 2.05) is 0 Å². The molecule has 0 spiro atoms. The van der Waals surface area contributed by atoms with Crippen LogP contribution in [0, 0.1) is 25.2 Å². The maximum absolute atomic E-state index is 13.4. The van der Waals surface area contributed by atoms with E-state index in [1.54, 1.807) is 24.3 Å². The second kappa shape index (κ2) is 7.81. The maximum Gasteiger partial charge on any atom is 0.187 e. The average Bonchev–Trinajstić information content (AvgIpc) is 3.19. The number of hydrogen-bond acceptors (Lipinski definition) is 4. The SMILES string of the molecule is Cc1ccc(N2CC(C(=O)c3ccc(C#N)cc3)N(c3ccc(C)cc3)C2)cc1. The van der Waals surface area contributed by atoms with E-state index in [2.05, 4.69) is 78.2 Å². The number of anilines is 2. The third-order valence-electron chi connectivity index (χ3n) is 5.46. The van der Waals surface area contributed by atoms with Gasteiger partial charge < -0.3 is 9.80 Å². The Morgan fingerprint density at radius 2 is 1.41 bits per heavy atom. The minimum absolute atomic E-state index is 0.0738. The molecule has 144 valence electrons. The van der Waals surface area contributed by atoms with Crippen LogP contribution in [0.4, 0.5) is 11.4 Å². The third kappa shape index (κ3) is 3.86. The third-order valence-corrected chi connectivity index (χ3v) is 5.46. The van der Waals surface area contributed by atoms with Crippen molar-refractivity contribution in [2.75, 3.05) is 23.0 Å². The molecule has 1 fully saturated rings. The summed E-state index contributed by atoms with van der Waals surface area (Å²) in [6.45, 7) is 5.41. The van der Waals surface area contributed by atoms with E-state index in [-0.39, 0.29) is 11.8 Å². The summed E-state index contributed by atoms with van der Waals surface area (Å²) in [7, 11) is 0. The predicted molar refractivity (Wildman–Crippen MR) is 116 cm³/mol. The van der Waals surface area contributed by atoms with Crippen LogP contribution in [0.15, 0.2) is 72.8 Å². The lowest BCUT2D eigenvalue weighted by Gasteiger charge is -2.25. The molecule has 29 heavy (non-hydrogen) atoms. The Morgan fingerprint density at radius 1 is 0.862 bits per heavy atom. The van der Waals surface area contributed by atoms with Gasteiger partial charge in [-0.2, -0.15) is 5.26 Å². The van der Waals surface area contributed by atoms with Gasteiger partial charge in [-0.3, -0.25) is 4.79 Å². The molecule has 3 aromatic rings. The van der Waals surface area contributed by atoms with E-state index in [0.29, 0.717) is 24.3 Å². The molecule has 0 saturated carbocycles. The molecule has 1 aliphatic rings. The van der Waals surface area contributed by atoms with Gasteiger partial charge in [-0.1, -0.05) is 47.5 Å². The Hall–Kier alpha value is -3.58. The highest BCUT2D eigenvalue weighted by Crippen LogP contribution is 2.29. The average molecular weight is 381 g/mol. The van der Waals surface area contributed by atoms with Gasteiger partial charge in [-0.05, 0) is 50.2 Å². The molecule has 0 amide bonds. The first-order chi connectivity index (χ1) is 14.0. The van der Waals surface area contributed by atoms with E-state index in [0.717, 1.165) is 11.4 Å². The Labute approximate surface area is 171 Å². The van der Waals surface area contributed by atoms with E-state index in [4.69, 9.17) is 5.26 Å². The zero-order valence-electron chi connectivity index (χ0n) is 16.7. The van der Waals surface area contributed by atoms with Gasteiger partial charge in [0.25, 0.3) is 0 Å². The van der Waals surface area contributed by atoms with Crippen molar-refractivity contribution in [2.45, 2.75) is 19.9 Å². The Balaban J connectivity index is 1.67. The molecule has 0 aliphatic carbocycles. The molecule has 4 heteroatoms. The summed E-state index contributed by atoms with van der Waals surface area (Å²) < 4.78 is 0. The monoisotopic (exact) mass is 381 g/mol. The van der Waals surface area contributed by atoms with Crippen LogP contribution in [0.5, 0.6) is 0 Å². The van der Waals surface area contributed by atoms with Crippen molar-refractivity contribution in [2.24, 2.45) is 0 Å². The van der Waals surface area contributed by atoms with Crippen molar-refractivity contribution < 1.29 is 4.79 Å². The van der Waals surface area contributed by atoms with E-state index in [1.165, 1.54) is 11.1 Å². The van der Waals surface area contributed by atoms with E-state index >= 15 is 0 Å². The van der Waals surface area contributed by atoms with Crippen LogP contribution in [-0.4, -0.2) is 25.0 Å². The zero-order chi connectivity index (χ0) is 20.4. The lowest BCUT2D eigenvalue weighted by atomic mass is 10.0. The van der Waals surface area contributed by atoms with Crippen LogP contribution in [0.3, 0.4) is 0 Å². The molecule has 3 aromatic carbocycles. The van der Waals surface area contributed by atoms with Crippen molar-refractivity contribution in [3.05, 3.63) is 95.1 Å². The molecule has 0 N–H and O–H groups in total. The molecule has 4 nitrogen and oxygen atoms in total. The number of benzene rings is 3. The van der Waals surface area contributed by atoms with Gasteiger partial charge in [0.1, 0.15) is 6.04 Å². The summed E-state index contributed by atoms with van der Waals surface area (Å²) in [4.78, 5) is 17.8. The molecule has 1 heterocycles. The summed E-state index contributed by atoms with van der Waals surface area (Å²) in [6.07, 6.45) is 0. The standard InChI is InChI=1S/C25H23N3O/c1-18-3-11-22(12-4-18)27-16-24(25(29)21-9-7-20(15-26)8-10-21)28(17-27)23-13-5-19(2)6-14-23/h3-14,24H,16-17H2,1-2H3. The summed E-state index contributed by atoms with van der Waals surface area (Å²) in [6, 6.07) is 25.5. The summed E-state index contributed by atoms with van der Waals surface area (Å²) >= 11 is 0. The number of Topliss-reactive ketones (excluding diaryl/α,β-unsaturated/α-hetero) is 1. The first-order valence-electron chi connectivity index (χ1n) is 9.74. The predicted octanol–water partition coefficient (Wildman–Crippen LogP) is 4.71. The fourth-order valence-corrected chi connectivity index (χ4v) is 3.71. The zero-order valence-corrected chi connectivity index (χ0v) is 16.7. The molecular weight excluding hydrogens is 358 g/mol. The lowest BCUT2D eigenvalue weighted by molar-refractivity contribution is 0.0968. The summed E-state index contributed by atoms with van der Waals surface area (Å²) in [5.41, 5.74) is 5.76. The Morgan fingerprint density at radius 3 is 1.97 bits per heavy atom. The molecule has 1 saturated heterocycles. The number of carbonyl (C=O) groups excluding carboxylic acids is 1. The largest absolute Gasteiger partial charge is 0.351 e. The second-order valence-corrected chi connectivity index (χ2v) is 7.57. The number of nitriles is 1. The number of hydrogen-bond donors (Lipinski definition) is 0. The first-order valence-corrected chi connectivity index (χ1v) is 9.74. The molecule has 0 aromatic heterocycles. The summed E-state index contributed by atoms with van der Waals surface area (Å²) in [5, 5.41) is 9.02. The lowest BCUT2D eigenvalue weighted by Crippen LogP contribution is -2.37. The quantitative estimate of drug-likeness (QED) is 0.614. The van der Waals surface area contributed by atoms with Gasteiger partial charge in [-0.15, -0.1) is 0 Å². The van der Waals surface area contributed by atoms with Crippen molar-refractivity contribution in [3.8, 4) is 6.07 Å². The van der Waals surface area contributed by atoms with E-state index < -0.39 is 0 Å². The van der Waals surface area contributed by atoms with Gasteiger partial charge in [0.2, 0.25) is 0 Å². The second-order valence-electron chi connectivity index (χ2n) is 7.57.